The Morgan fingerprint density at radius 1 is 1.03 bits per heavy atom. The van der Waals surface area contributed by atoms with E-state index >= 15 is 0 Å². The molecule has 0 aromatic heterocycles. The van der Waals surface area contributed by atoms with Gasteiger partial charge in [-0.3, -0.25) is 4.79 Å². The van der Waals surface area contributed by atoms with Gasteiger partial charge in [-0.1, -0.05) is 60.1 Å². The lowest BCUT2D eigenvalue weighted by atomic mass is 10.0. The van der Waals surface area contributed by atoms with E-state index in [2.05, 4.69) is 15.6 Å². The number of hydrogen-bond acceptors (Lipinski definition) is 3. The molecule has 0 bridgehead atoms. The zero-order valence-corrected chi connectivity index (χ0v) is 17.9. The van der Waals surface area contributed by atoms with Crippen LogP contribution >= 0.6 is 11.6 Å². The smallest absolute Gasteiger partial charge is 0.311 e. The summed E-state index contributed by atoms with van der Waals surface area (Å²) >= 11 is 5.98. The highest BCUT2D eigenvalue weighted by molar-refractivity contribution is 6.30. The molecule has 0 aliphatic carbocycles. The van der Waals surface area contributed by atoms with Gasteiger partial charge in [0.25, 0.3) is 5.91 Å². The van der Waals surface area contributed by atoms with Crippen molar-refractivity contribution in [2.75, 3.05) is 17.3 Å². The number of benzene rings is 3. The SMILES string of the molecule is Cc1cc(Cl)ccc1NC(=O)N[C@H]1N=C(c2ccccc2)c2ccccc2N(C)C1=O. The van der Waals surface area contributed by atoms with Crippen molar-refractivity contribution in [2.24, 2.45) is 4.99 Å². The number of urea groups is 1. The van der Waals surface area contributed by atoms with Crippen LogP contribution in [0.2, 0.25) is 5.02 Å². The molecule has 1 heterocycles. The number of aliphatic imine (C=N–C) groups is 1. The number of carbonyl (C=O) groups excluding carboxylic acids is 2. The highest BCUT2D eigenvalue weighted by Gasteiger charge is 2.31. The Morgan fingerprint density at radius 2 is 1.74 bits per heavy atom. The Morgan fingerprint density at radius 3 is 2.48 bits per heavy atom. The van der Waals surface area contributed by atoms with Crippen molar-refractivity contribution in [1.29, 1.82) is 0 Å². The van der Waals surface area contributed by atoms with Crippen LogP contribution in [-0.2, 0) is 4.79 Å². The van der Waals surface area contributed by atoms with Gasteiger partial charge in [-0.05, 0) is 36.8 Å². The first-order chi connectivity index (χ1) is 14.9. The molecule has 6 nitrogen and oxygen atoms in total. The summed E-state index contributed by atoms with van der Waals surface area (Å²) in [6.07, 6.45) is -1.08. The van der Waals surface area contributed by atoms with Gasteiger partial charge in [-0.15, -0.1) is 0 Å². The third-order valence-electron chi connectivity index (χ3n) is 5.09. The number of hydrogen-bond donors (Lipinski definition) is 2. The van der Waals surface area contributed by atoms with Crippen molar-refractivity contribution < 1.29 is 9.59 Å². The third kappa shape index (κ3) is 4.29. The molecule has 1 atom stereocenters. The molecule has 2 N–H and O–H groups in total. The van der Waals surface area contributed by atoms with E-state index < -0.39 is 12.2 Å². The van der Waals surface area contributed by atoms with Crippen LogP contribution in [-0.4, -0.2) is 30.9 Å². The minimum Gasteiger partial charge on any atom is -0.311 e. The summed E-state index contributed by atoms with van der Waals surface area (Å²) in [7, 11) is 1.68. The minimum atomic E-state index is -1.08. The number of amides is 3. The topological polar surface area (TPSA) is 73.8 Å². The van der Waals surface area contributed by atoms with Crippen molar-refractivity contribution in [3.63, 3.8) is 0 Å². The van der Waals surface area contributed by atoms with Crippen molar-refractivity contribution in [2.45, 2.75) is 13.1 Å². The molecule has 0 saturated carbocycles. The lowest BCUT2D eigenvalue weighted by molar-refractivity contribution is -0.119. The van der Waals surface area contributed by atoms with Crippen molar-refractivity contribution in [3.05, 3.63) is 94.5 Å². The number of fused-ring (bicyclic) bond motifs is 1. The molecule has 31 heavy (non-hydrogen) atoms. The molecule has 0 spiro atoms. The van der Waals surface area contributed by atoms with Crippen LogP contribution in [0, 0.1) is 6.92 Å². The van der Waals surface area contributed by atoms with Gasteiger partial charge in [0, 0.05) is 28.9 Å². The molecule has 0 unspecified atom stereocenters. The Kier molecular flexibility index (Phi) is 5.73. The summed E-state index contributed by atoms with van der Waals surface area (Å²) < 4.78 is 0. The predicted molar refractivity (Wildman–Crippen MR) is 124 cm³/mol. The quantitative estimate of drug-likeness (QED) is 0.634. The van der Waals surface area contributed by atoms with E-state index in [-0.39, 0.29) is 5.91 Å². The number of carbonyl (C=O) groups is 2. The van der Waals surface area contributed by atoms with Crippen molar-refractivity contribution >= 4 is 40.6 Å². The van der Waals surface area contributed by atoms with Crippen molar-refractivity contribution in [3.8, 4) is 0 Å². The number of anilines is 2. The van der Waals surface area contributed by atoms with Gasteiger partial charge in [-0.2, -0.15) is 0 Å². The van der Waals surface area contributed by atoms with E-state index in [0.29, 0.717) is 16.4 Å². The van der Waals surface area contributed by atoms with Crippen LogP contribution in [0.4, 0.5) is 16.2 Å². The summed E-state index contributed by atoms with van der Waals surface area (Å²) in [5.74, 6) is -0.332. The van der Waals surface area contributed by atoms with Crippen LogP contribution in [0.3, 0.4) is 0 Å². The molecule has 0 radical (unpaired) electrons. The first kappa shape index (κ1) is 20.6. The van der Waals surface area contributed by atoms with Crippen LogP contribution in [0.15, 0.2) is 77.8 Å². The summed E-state index contributed by atoms with van der Waals surface area (Å²) in [5, 5.41) is 6.05. The zero-order chi connectivity index (χ0) is 22.0. The number of para-hydroxylation sites is 1. The lowest BCUT2D eigenvalue weighted by Gasteiger charge is -2.21. The van der Waals surface area contributed by atoms with E-state index in [0.717, 1.165) is 22.4 Å². The Hall–Kier alpha value is -3.64. The van der Waals surface area contributed by atoms with Gasteiger partial charge < -0.3 is 15.5 Å². The summed E-state index contributed by atoms with van der Waals surface area (Å²) in [5.41, 5.74) is 4.47. The summed E-state index contributed by atoms with van der Waals surface area (Å²) in [6, 6.07) is 21.8. The molecule has 7 heteroatoms. The van der Waals surface area contributed by atoms with E-state index in [9.17, 15) is 9.59 Å². The third-order valence-corrected chi connectivity index (χ3v) is 5.33. The maximum atomic E-state index is 13.1. The average Bonchev–Trinajstić information content (AvgIpc) is 2.87. The summed E-state index contributed by atoms with van der Waals surface area (Å²) in [4.78, 5) is 32.0. The van der Waals surface area contributed by atoms with Crippen LogP contribution < -0.4 is 15.5 Å². The largest absolute Gasteiger partial charge is 0.321 e. The second-order valence-electron chi connectivity index (χ2n) is 7.22. The van der Waals surface area contributed by atoms with Gasteiger partial charge in [0.15, 0.2) is 0 Å². The van der Waals surface area contributed by atoms with E-state index in [1.165, 1.54) is 4.90 Å². The van der Waals surface area contributed by atoms with Gasteiger partial charge in [0.2, 0.25) is 6.17 Å². The molecule has 1 aliphatic rings. The normalized spacial score (nSPS) is 15.6. The number of likely N-dealkylation sites (N-methyl/N-ethyl adjacent to an activating group) is 1. The number of benzodiazepines with no additional fused rings is 1. The molecule has 3 aromatic rings. The fraction of sp³-hybridized carbons (Fsp3) is 0.125. The number of aryl methyl sites for hydroxylation is 1. The second kappa shape index (κ2) is 8.62. The summed E-state index contributed by atoms with van der Waals surface area (Å²) in [6.45, 7) is 1.84. The molecule has 3 aromatic carbocycles. The van der Waals surface area contributed by atoms with Gasteiger partial charge in [0.05, 0.1) is 11.4 Å². The number of nitrogens with zero attached hydrogens (tertiary/aromatic N) is 2. The molecule has 3 amide bonds. The lowest BCUT2D eigenvalue weighted by Crippen LogP contribution is -2.47. The van der Waals surface area contributed by atoms with Crippen LogP contribution in [0.5, 0.6) is 0 Å². The van der Waals surface area contributed by atoms with E-state index in [4.69, 9.17) is 11.6 Å². The number of nitrogens with one attached hydrogen (secondary N) is 2. The van der Waals surface area contributed by atoms with Crippen LogP contribution in [0.1, 0.15) is 16.7 Å². The average molecular weight is 433 g/mol. The number of halogens is 1. The Balaban J connectivity index is 1.68. The van der Waals surface area contributed by atoms with Gasteiger partial charge >= 0.3 is 6.03 Å². The molecule has 0 saturated heterocycles. The van der Waals surface area contributed by atoms with E-state index in [1.807, 2.05) is 61.5 Å². The highest BCUT2D eigenvalue weighted by Crippen LogP contribution is 2.27. The monoisotopic (exact) mass is 432 g/mol. The molecular weight excluding hydrogens is 412 g/mol. The zero-order valence-electron chi connectivity index (χ0n) is 17.1. The minimum absolute atomic E-state index is 0.332. The standard InChI is InChI=1S/C24H21ClN4O2/c1-15-14-17(25)12-13-19(15)26-24(31)28-22-23(30)29(2)20-11-7-6-10-18(20)21(27-22)16-8-4-3-5-9-16/h3-14,22H,1-2H3,(H2,26,28,31)/t22-/m1/s1. The fourth-order valence-electron chi connectivity index (χ4n) is 3.49. The fourth-order valence-corrected chi connectivity index (χ4v) is 3.72. The molecular formula is C24H21ClN4O2. The molecule has 156 valence electrons. The maximum absolute atomic E-state index is 13.1. The molecule has 1 aliphatic heterocycles. The first-order valence-electron chi connectivity index (χ1n) is 9.78. The number of rotatable bonds is 3. The first-order valence-corrected chi connectivity index (χ1v) is 10.2. The van der Waals surface area contributed by atoms with Gasteiger partial charge in [0.1, 0.15) is 0 Å². The predicted octanol–water partition coefficient (Wildman–Crippen LogP) is 4.61. The van der Waals surface area contributed by atoms with E-state index in [1.54, 1.807) is 25.2 Å². The second-order valence-corrected chi connectivity index (χ2v) is 7.65. The van der Waals surface area contributed by atoms with Crippen LogP contribution in [0.25, 0.3) is 0 Å². The Labute approximate surface area is 185 Å². The Bertz CT molecular complexity index is 1180. The maximum Gasteiger partial charge on any atom is 0.321 e. The molecule has 4 rings (SSSR count). The van der Waals surface area contributed by atoms with Crippen molar-refractivity contribution in [1.82, 2.24) is 5.32 Å². The van der Waals surface area contributed by atoms with Gasteiger partial charge in [-0.25, -0.2) is 9.79 Å². The molecule has 0 fully saturated rings. The highest BCUT2D eigenvalue weighted by atomic mass is 35.5.